The number of aliphatic carboxylic acids is 1. The van der Waals surface area contributed by atoms with Crippen LogP contribution in [0.5, 0.6) is 0 Å². The van der Waals surface area contributed by atoms with Gasteiger partial charge >= 0.3 is 5.97 Å². The number of rotatable bonds is 10. The van der Waals surface area contributed by atoms with E-state index in [9.17, 15) is 4.79 Å². The summed E-state index contributed by atoms with van der Waals surface area (Å²) in [6.45, 7) is 7.08. The summed E-state index contributed by atoms with van der Waals surface area (Å²) < 4.78 is 15.1. The van der Waals surface area contributed by atoms with Crippen LogP contribution >= 0.6 is 0 Å². The van der Waals surface area contributed by atoms with E-state index >= 15 is 0 Å². The minimum Gasteiger partial charge on any atom is -0.478 e. The molecule has 2 aliphatic rings. The lowest BCUT2D eigenvalue weighted by Crippen LogP contribution is -2.06. The van der Waals surface area contributed by atoms with Gasteiger partial charge in [-0.3, -0.25) is 0 Å². The van der Waals surface area contributed by atoms with E-state index in [0.717, 1.165) is 52.1 Å². The molecule has 7 nitrogen and oxygen atoms in total. The third-order valence-electron chi connectivity index (χ3n) is 3.25. The van der Waals surface area contributed by atoms with Crippen molar-refractivity contribution in [1.82, 2.24) is 0 Å². The molecule has 2 unspecified atom stereocenters. The summed E-state index contributed by atoms with van der Waals surface area (Å²) in [5.74, 6) is -0.845. The molecule has 24 heavy (non-hydrogen) atoms. The number of ether oxygens (including phenoxy) is 3. The Balaban J connectivity index is 0.000000335. The molecule has 2 saturated heterocycles. The molecule has 0 aromatic carbocycles. The van der Waals surface area contributed by atoms with Crippen molar-refractivity contribution in [2.24, 2.45) is 0 Å². The number of carboxylic acid groups (broad SMARTS) is 1. The number of aliphatic hydroxyl groups excluding tert-OH is 2. The second-order valence-electron chi connectivity index (χ2n) is 5.59. The first kappa shape index (κ1) is 23.0. The van der Waals surface area contributed by atoms with Gasteiger partial charge in [-0.05, 0) is 26.7 Å². The van der Waals surface area contributed by atoms with Crippen LogP contribution in [0, 0.1) is 0 Å². The Labute approximate surface area is 144 Å². The van der Waals surface area contributed by atoms with Crippen molar-refractivity contribution in [3.63, 3.8) is 0 Å². The van der Waals surface area contributed by atoms with Crippen LogP contribution in [0.2, 0.25) is 0 Å². The van der Waals surface area contributed by atoms with Crippen molar-refractivity contribution in [3.05, 3.63) is 11.6 Å². The van der Waals surface area contributed by atoms with Crippen LogP contribution in [-0.2, 0) is 19.0 Å². The van der Waals surface area contributed by atoms with Crippen molar-refractivity contribution >= 4 is 5.97 Å². The van der Waals surface area contributed by atoms with Crippen molar-refractivity contribution in [3.8, 4) is 0 Å². The smallest absolute Gasteiger partial charge is 0.330 e. The maximum Gasteiger partial charge on any atom is 0.330 e. The lowest BCUT2D eigenvalue weighted by molar-refractivity contribution is -0.132. The maximum absolute atomic E-state index is 9.86. The van der Waals surface area contributed by atoms with Crippen molar-refractivity contribution in [1.29, 1.82) is 0 Å². The highest BCUT2D eigenvalue weighted by molar-refractivity contribution is 5.85. The van der Waals surface area contributed by atoms with Gasteiger partial charge in [-0.1, -0.05) is 18.9 Å². The lowest BCUT2D eigenvalue weighted by atomic mass is 10.2. The number of carboxylic acids is 1. The molecule has 3 N–H and O–H groups in total. The summed E-state index contributed by atoms with van der Waals surface area (Å²) in [6, 6.07) is 0. The molecule has 0 saturated carbocycles. The van der Waals surface area contributed by atoms with Gasteiger partial charge < -0.3 is 29.5 Å². The SMILES string of the molecule is C(OCC1CO1)C1CO1.CC=C(C)C(=O)O.OCCCCCCO. The number of aliphatic hydroxyl groups is 2. The molecule has 0 spiro atoms. The second kappa shape index (κ2) is 15.5. The maximum atomic E-state index is 9.86. The molecule has 0 amide bonds. The van der Waals surface area contributed by atoms with Crippen LogP contribution in [0.15, 0.2) is 11.6 Å². The molecule has 0 radical (unpaired) electrons. The fourth-order valence-corrected chi connectivity index (χ4v) is 1.36. The van der Waals surface area contributed by atoms with Crippen LogP contribution in [0.25, 0.3) is 0 Å². The van der Waals surface area contributed by atoms with Crippen LogP contribution < -0.4 is 0 Å². The molecule has 2 rings (SSSR count). The van der Waals surface area contributed by atoms with E-state index in [4.69, 9.17) is 29.5 Å². The molecule has 7 heteroatoms. The predicted molar refractivity (Wildman–Crippen MR) is 90.0 cm³/mol. The standard InChI is InChI=1S/C6H10O3.C6H14O2.C5H8O2/c1(5-3-8-5)7-2-6-4-9-6;7-5-3-1-2-4-6-8;1-3-4(2)5(6)7/h5-6H,1-4H2;7-8H,1-6H2;3H,1-2H3,(H,6,7). The van der Waals surface area contributed by atoms with Gasteiger partial charge in [0.25, 0.3) is 0 Å². The van der Waals surface area contributed by atoms with Gasteiger partial charge in [0.1, 0.15) is 12.2 Å². The molecule has 2 fully saturated rings. The molecule has 2 aliphatic heterocycles. The number of carbonyl (C=O) groups is 1. The fraction of sp³-hybridized carbons (Fsp3) is 0.824. The van der Waals surface area contributed by atoms with E-state index in [0.29, 0.717) is 17.8 Å². The Kier molecular flexibility index (Phi) is 14.9. The van der Waals surface area contributed by atoms with Gasteiger partial charge in [0.05, 0.1) is 26.4 Å². The second-order valence-corrected chi connectivity index (χ2v) is 5.59. The summed E-state index contributed by atoms with van der Waals surface area (Å²) >= 11 is 0. The Morgan fingerprint density at radius 2 is 1.46 bits per heavy atom. The lowest BCUT2D eigenvalue weighted by Gasteiger charge is -1.95. The fourth-order valence-electron chi connectivity index (χ4n) is 1.36. The average molecular weight is 348 g/mol. The first-order chi connectivity index (χ1) is 11.5. The van der Waals surface area contributed by atoms with Crippen LogP contribution in [0.4, 0.5) is 0 Å². The highest BCUT2D eigenvalue weighted by Crippen LogP contribution is 2.12. The molecular weight excluding hydrogens is 316 g/mol. The van der Waals surface area contributed by atoms with E-state index in [1.165, 1.54) is 0 Å². The van der Waals surface area contributed by atoms with Gasteiger partial charge in [-0.15, -0.1) is 0 Å². The quantitative estimate of drug-likeness (QED) is 0.310. The molecule has 142 valence electrons. The van der Waals surface area contributed by atoms with Crippen LogP contribution in [-0.4, -0.2) is 73.1 Å². The zero-order valence-corrected chi connectivity index (χ0v) is 14.8. The normalized spacial score (nSPS) is 21.1. The zero-order valence-electron chi connectivity index (χ0n) is 14.8. The van der Waals surface area contributed by atoms with Gasteiger partial charge in [-0.2, -0.15) is 0 Å². The highest BCUT2D eigenvalue weighted by Gasteiger charge is 2.26. The number of hydrogen-bond acceptors (Lipinski definition) is 6. The molecule has 0 aromatic heterocycles. The number of unbranched alkanes of at least 4 members (excludes halogenated alkanes) is 3. The van der Waals surface area contributed by atoms with E-state index in [-0.39, 0.29) is 13.2 Å². The Hall–Kier alpha value is -0.990. The van der Waals surface area contributed by atoms with E-state index in [2.05, 4.69) is 0 Å². The summed E-state index contributed by atoms with van der Waals surface area (Å²) in [4.78, 5) is 9.86. The van der Waals surface area contributed by atoms with Gasteiger partial charge in [0.15, 0.2) is 0 Å². The number of allylic oxidation sites excluding steroid dienone is 1. The monoisotopic (exact) mass is 348 g/mol. The van der Waals surface area contributed by atoms with E-state index in [1.54, 1.807) is 19.9 Å². The topological polar surface area (TPSA) is 112 Å². The first-order valence-electron chi connectivity index (χ1n) is 8.44. The number of epoxide rings is 2. The van der Waals surface area contributed by atoms with Crippen LogP contribution in [0.1, 0.15) is 39.5 Å². The van der Waals surface area contributed by atoms with Gasteiger partial charge in [0.2, 0.25) is 0 Å². The zero-order chi connectivity index (χ0) is 18.2. The summed E-state index contributed by atoms with van der Waals surface area (Å²) in [5, 5.41) is 24.7. The van der Waals surface area contributed by atoms with E-state index in [1.807, 2.05) is 0 Å². The molecule has 0 bridgehead atoms. The predicted octanol–water partition coefficient (Wildman–Crippen LogP) is 1.37. The van der Waals surface area contributed by atoms with Crippen molar-refractivity contribution < 1.29 is 34.3 Å². The van der Waals surface area contributed by atoms with Crippen molar-refractivity contribution in [2.45, 2.75) is 51.7 Å². The van der Waals surface area contributed by atoms with E-state index < -0.39 is 5.97 Å². The Morgan fingerprint density at radius 3 is 1.67 bits per heavy atom. The molecule has 2 heterocycles. The minimum absolute atomic E-state index is 0.283. The summed E-state index contributed by atoms with van der Waals surface area (Å²) in [5.41, 5.74) is 0.389. The van der Waals surface area contributed by atoms with Gasteiger partial charge in [0, 0.05) is 18.8 Å². The molecular formula is C17H32O7. The molecule has 0 aromatic rings. The highest BCUT2D eigenvalue weighted by atomic mass is 16.6. The summed E-state index contributed by atoms with van der Waals surface area (Å²) in [7, 11) is 0. The van der Waals surface area contributed by atoms with Crippen molar-refractivity contribution in [2.75, 3.05) is 39.6 Å². The average Bonchev–Trinajstić information content (AvgIpc) is 3.47. The first-order valence-corrected chi connectivity index (χ1v) is 8.44. The third kappa shape index (κ3) is 17.4. The largest absolute Gasteiger partial charge is 0.478 e. The molecule has 0 aliphatic carbocycles. The Morgan fingerprint density at radius 1 is 1.04 bits per heavy atom. The minimum atomic E-state index is -0.845. The third-order valence-corrected chi connectivity index (χ3v) is 3.25. The van der Waals surface area contributed by atoms with Crippen LogP contribution in [0.3, 0.4) is 0 Å². The Bertz CT molecular complexity index is 318. The van der Waals surface area contributed by atoms with Gasteiger partial charge in [-0.25, -0.2) is 4.79 Å². The molecule has 2 atom stereocenters. The summed E-state index contributed by atoms with van der Waals surface area (Å²) in [6.07, 6.45) is 6.17. The number of hydrogen-bond donors (Lipinski definition) is 3.